The predicted molar refractivity (Wildman–Crippen MR) is 95.2 cm³/mol. The summed E-state index contributed by atoms with van der Waals surface area (Å²) in [4.78, 5) is 18.7. The van der Waals surface area contributed by atoms with Gasteiger partial charge in [-0.05, 0) is 19.9 Å². The van der Waals surface area contributed by atoms with Crippen molar-refractivity contribution in [3.05, 3.63) is 30.9 Å². The Balaban J connectivity index is 1.58. The van der Waals surface area contributed by atoms with Gasteiger partial charge in [0.2, 0.25) is 5.95 Å². The highest BCUT2D eigenvalue weighted by molar-refractivity contribution is 5.78. The van der Waals surface area contributed by atoms with Crippen LogP contribution in [0, 0.1) is 0 Å². The number of aromatic nitrogens is 5. The Morgan fingerprint density at radius 1 is 1.12 bits per heavy atom. The van der Waals surface area contributed by atoms with Crippen molar-refractivity contribution in [1.82, 2.24) is 24.5 Å². The molecule has 1 aliphatic rings. The molecule has 0 amide bonds. The lowest BCUT2D eigenvalue weighted by Gasteiger charge is -2.15. The van der Waals surface area contributed by atoms with Crippen molar-refractivity contribution in [3.8, 4) is 0 Å². The van der Waals surface area contributed by atoms with Crippen molar-refractivity contribution in [3.63, 3.8) is 0 Å². The number of hydrogen-bond donors (Lipinski definition) is 1. The van der Waals surface area contributed by atoms with Gasteiger partial charge in [-0.3, -0.25) is 0 Å². The molecule has 1 N–H and O–H groups in total. The lowest BCUT2D eigenvalue weighted by atomic mass is 10.3. The minimum atomic E-state index is -1.50. The van der Waals surface area contributed by atoms with Crippen LogP contribution in [-0.2, 0) is 0 Å². The van der Waals surface area contributed by atoms with Gasteiger partial charge in [-0.1, -0.05) is 0 Å². The smallest absolute Gasteiger partial charge is 0.227 e. The van der Waals surface area contributed by atoms with Crippen LogP contribution in [0.1, 0.15) is 19.9 Å². The van der Waals surface area contributed by atoms with Crippen molar-refractivity contribution in [2.45, 2.75) is 32.2 Å². The third kappa shape index (κ3) is 3.04. The largest absolute Gasteiger partial charge is 0.335 e. The quantitative estimate of drug-likeness (QED) is 0.772. The summed E-state index contributed by atoms with van der Waals surface area (Å²) in [5, 5.41) is 3.12. The molecule has 4 heterocycles. The molecule has 1 fully saturated rings. The highest BCUT2D eigenvalue weighted by Crippen LogP contribution is 2.24. The van der Waals surface area contributed by atoms with E-state index in [4.69, 9.17) is 0 Å². The molecule has 136 valence electrons. The number of hydrogen-bond acceptors (Lipinski definition) is 6. The van der Waals surface area contributed by atoms with Crippen LogP contribution in [0.25, 0.3) is 11.0 Å². The van der Waals surface area contributed by atoms with Crippen molar-refractivity contribution in [2.24, 2.45) is 0 Å². The second-order valence-corrected chi connectivity index (χ2v) is 6.61. The maximum Gasteiger partial charge on any atom is 0.227 e. The van der Waals surface area contributed by atoms with E-state index in [0.29, 0.717) is 17.6 Å². The number of anilines is 3. The van der Waals surface area contributed by atoms with Crippen LogP contribution in [-0.4, -0.2) is 49.9 Å². The van der Waals surface area contributed by atoms with Gasteiger partial charge in [0.15, 0.2) is 12.3 Å². The molecule has 0 aromatic carbocycles. The van der Waals surface area contributed by atoms with Crippen molar-refractivity contribution in [1.29, 1.82) is 0 Å². The molecule has 7 nitrogen and oxygen atoms in total. The van der Waals surface area contributed by atoms with Gasteiger partial charge < -0.3 is 14.8 Å². The maximum absolute atomic E-state index is 13.4. The van der Waals surface area contributed by atoms with Gasteiger partial charge in [0.25, 0.3) is 0 Å². The van der Waals surface area contributed by atoms with Gasteiger partial charge in [0.05, 0.1) is 31.1 Å². The maximum atomic E-state index is 13.4. The predicted octanol–water partition coefficient (Wildman–Crippen LogP) is 3.04. The van der Waals surface area contributed by atoms with E-state index in [2.05, 4.69) is 43.7 Å². The lowest BCUT2D eigenvalue weighted by Crippen LogP contribution is -2.22. The highest BCUT2D eigenvalue weighted by Gasteiger charge is 2.34. The molecule has 2 unspecified atom stereocenters. The van der Waals surface area contributed by atoms with E-state index < -0.39 is 12.3 Å². The standard InChI is InChI=1S/C17H19F2N7/c1-10(2)26-9-22-13-6-21-16(5-14(13)26)23-15-3-4-20-17(24-15)25-7-11(18)12(19)8-25/h3-6,9-12H,7-8H2,1-2H3,(H,20,21,23,24). The second-order valence-electron chi connectivity index (χ2n) is 6.61. The number of rotatable bonds is 4. The van der Waals surface area contributed by atoms with Gasteiger partial charge in [0, 0.05) is 18.3 Å². The fourth-order valence-corrected chi connectivity index (χ4v) is 3.00. The van der Waals surface area contributed by atoms with E-state index in [0.717, 1.165) is 11.0 Å². The molecule has 0 radical (unpaired) electrons. The lowest BCUT2D eigenvalue weighted by molar-refractivity contribution is 0.217. The first-order valence-corrected chi connectivity index (χ1v) is 8.47. The number of fused-ring (bicyclic) bond motifs is 1. The molecule has 0 saturated carbocycles. The van der Waals surface area contributed by atoms with E-state index in [1.165, 1.54) is 4.90 Å². The van der Waals surface area contributed by atoms with Gasteiger partial charge in [-0.15, -0.1) is 0 Å². The summed E-state index contributed by atoms with van der Waals surface area (Å²) in [6.07, 6.45) is 2.03. The molecule has 1 aliphatic heterocycles. The minimum absolute atomic E-state index is 0.0393. The molecule has 9 heteroatoms. The summed E-state index contributed by atoms with van der Waals surface area (Å²) in [7, 11) is 0. The first-order chi connectivity index (χ1) is 12.5. The number of imidazole rings is 1. The fraction of sp³-hybridized carbons (Fsp3) is 0.412. The molecule has 2 atom stereocenters. The topological polar surface area (TPSA) is 71.8 Å². The Bertz CT molecular complexity index is 916. The Morgan fingerprint density at radius 2 is 1.88 bits per heavy atom. The summed E-state index contributed by atoms with van der Waals surface area (Å²) in [6.45, 7) is 4.08. The van der Waals surface area contributed by atoms with Gasteiger partial charge >= 0.3 is 0 Å². The van der Waals surface area contributed by atoms with E-state index in [9.17, 15) is 8.78 Å². The summed E-state index contributed by atoms with van der Waals surface area (Å²) in [5.41, 5.74) is 1.78. The molecule has 0 bridgehead atoms. The number of pyridine rings is 1. The molecule has 26 heavy (non-hydrogen) atoms. The minimum Gasteiger partial charge on any atom is -0.335 e. The summed E-state index contributed by atoms with van der Waals surface area (Å²) in [6, 6.07) is 3.86. The number of alkyl halides is 2. The van der Waals surface area contributed by atoms with E-state index in [1.54, 1.807) is 24.8 Å². The Morgan fingerprint density at radius 3 is 2.62 bits per heavy atom. The van der Waals surface area contributed by atoms with Crippen LogP contribution >= 0.6 is 0 Å². The number of nitrogens with zero attached hydrogens (tertiary/aromatic N) is 6. The van der Waals surface area contributed by atoms with Crippen LogP contribution in [0.15, 0.2) is 30.9 Å². The normalized spacial score (nSPS) is 20.3. The van der Waals surface area contributed by atoms with Crippen LogP contribution in [0.3, 0.4) is 0 Å². The summed E-state index contributed by atoms with van der Waals surface area (Å²) < 4.78 is 28.9. The molecule has 1 saturated heterocycles. The van der Waals surface area contributed by atoms with Crippen molar-refractivity contribution >= 4 is 28.6 Å². The van der Waals surface area contributed by atoms with Crippen LogP contribution < -0.4 is 10.2 Å². The molecule has 3 aromatic heterocycles. The third-order valence-corrected chi connectivity index (χ3v) is 4.38. The number of halogens is 2. The van der Waals surface area contributed by atoms with Crippen molar-refractivity contribution < 1.29 is 8.78 Å². The molecular weight excluding hydrogens is 340 g/mol. The van der Waals surface area contributed by atoms with Gasteiger partial charge in [0.1, 0.15) is 17.2 Å². The zero-order valence-electron chi connectivity index (χ0n) is 14.5. The van der Waals surface area contributed by atoms with Crippen LogP contribution in [0.5, 0.6) is 0 Å². The van der Waals surface area contributed by atoms with Crippen molar-refractivity contribution in [2.75, 3.05) is 23.3 Å². The van der Waals surface area contributed by atoms with E-state index >= 15 is 0 Å². The monoisotopic (exact) mass is 359 g/mol. The Labute approximate surface area is 149 Å². The van der Waals surface area contributed by atoms with Crippen LogP contribution in [0.4, 0.5) is 26.4 Å². The molecule has 0 aliphatic carbocycles. The zero-order chi connectivity index (χ0) is 18.3. The van der Waals surface area contributed by atoms with Crippen LogP contribution in [0.2, 0.25) is 0 Å². The van der Waals surface area contributed by atoms with E-state index in [1.807, 2.05) is 6.07 Å². The average molecular weight is 359 g/mol. The molecule has 4 rings (SSSR count). The van der Waals surface area contributed by atoms with Gasteiger partial charge in [-0.2, -0.15) is 4.98 Å². The fourth-order valence-electron chi connectivity index (χ4n) is 3.00. The highest BCUT2D eigenvalue weighted by atomic mass is 19.2. The third-order valence-electron chi connectivity index (χ3n) is 4.38. The molecule has 3 aromatic rings. The van der Waals surface area contributed by atoms with E-state index in [-0.39, 0.29) is 19.1 Å². The molecule has 0 spiro atoms. The average Bonchev–Trinajstić information content (AvgIpc) is 3.18. The summed E-state index contributed by atoms with van der Waals surface area (Å²) >= 11 is 0. The second kappa shape index (κ2) is 6.47. The zero-order valence-corrected chi connectivity index (χ0v) is 14.5. The Kier molecular flexibility index (Phi) is 4.14. The first kappa shape index (κ1) is 16.6. The number of nitrogens with one attached hydrogen (secondary N) is 1. The molecular formula is C17H19F2N7. The first-order valence-electron chi connectivity index (χ1n) is 8.47. The Hall–Kier alpha value is -2.84. The SMILES string of the molecule is CC(C)n1cnc2cnc(Nc3ccnc(N4CC(F)C(F)C4)n3)cc21. The summed E-state index contributed by atoms with van der Waals surface area (Å²) in [5.74, 6) is 1.42. The van der Waals surface area contributed by atoms with Gasteiger partial charge in [-0.25, -0.2) is 23.7 Å².